The highest BCUT2D eigenvalue weighted by Crippen LogP contribution is 2.44. The third-order valence-corrected chi connectivity index (χ3v) is 4.01. The predicted molar refractivity (Wildman–Crippen MR) is 72.0 cm³/mol. The van der Waals surface area contributed by atoms with Crippen LogP contribution in [0.25, 0.3) is 0 Å². The number of aliphatic hydroxyl groups excluding tert-OH is 1. The first kappa shape index (κ1) is 11.9. The van der Waals surface area contributed by atoms with Gasteiger partial charge in [-0.15, -0.1) is 0 Å². The molecule has 3 rings (SSSR count). The van der Waals surface area contributed by atoms with Crippen LogP contribution in [-0.2, 0) is 0 Å². The summed E-state index contributed by atoms with van der Waals surface area (Å²) in [7, 11) is 0. The maximum absolute atomic E-state index is 12.9. The Morgan fingerprint density at radius 1 is 1.06 bits per heavy atom. The Morgan fingerprint density at radius 3 is 2.50 bits per heavy atom. The fraction of sp³-hybridized carbons (Fsp3) is 0.200. The smallest absolute Gasteiger partial charge is 0.123 e. The number of hydrogen-bond donors (Lipinski definition) is 1. The largest absolute Gasteiger partial charge is 0.388 e. The summed E-state index contributed by atoms with van der Waals surface area (Å²) in [6.07, 6.45) is 0.227. The number of halogens is 2. The van der Waals surface area contributed by atoms with Gasteiger partial charge < -0.3 is 5.11 Å². The molecule has 0 fully saturated rings. The third kappa shape index (κ3) is 1.98. The highest BCUT2D eigenvalue weighted by atomic mass is 79.9. The molecule has 1 aliphatic carbocycles. The van der Waals surface area contributed by atoms with Crippen molar-refractivity contribution in [1.82, 2.24) is 0 Å². The highest BCUT2D eigenvalue weighted by molar-refractivity contribution is 9.10. The molecule has 0 saturated heterocycles. The minimum absolute atomic E-state index is 0.156. The first-order valence-corrected chi connectivity index (χ1v) is 6.67. The van der Waals surface area contributed by atoms with Crippen LogP contribution in [0.2, 0.25) is 0 Å². The van der Waals surface area contributed by atoms with E-state index < -0.39 is 6.10 Å². The molecule has 0 heterocycles. The predicted octanol–water partition coefficient (Wildman–Crippen LogP) is 4.16. The van der Waals surface area contributed by atoms with Gasteiger partial charge in [-0.05, 0) is 47.4 Å². The zero-order valence-electron chi connectivity index (χ0n) is 9.61. The normalized spacial score (nSPS) is 21.9. The molecule has 0 amide bonds. The molecule has 1 nitrogen and oxygen atoms in total. The van der Waals surface area contributed by atoms with Gasteiger partial charge in [0.15, 0.2) is 0 Å². The molecule has 18 heavy (non-hydrogen) atoms. The van der Waals surface area contributed by atoms with E-state index in [1.165, 1.54) is 12.1 Å². The maximum Gasteiger partial charge on any atom is 0.123 e. The molecule has 92 valence electrons. The van der Waals surface area contributed by atoms with Gasteiger partial charge >= 0.3 is 0 Å². The molecule has 0 radical (unpaired) electrons. The Morgan fingerprint density at radius 2 is 1.78 bits per heavy atom. The van der Waals surface area contributed by atoms with Crippen molar-refractivity contribution in [2.75, 3.05) is 0 Å². The van der Waals surface area contributed by atoms with Gasteiger partial charge in [0.1, 0.15) is 5.82 Å². The number of rotatable bonds is 1. The Labute approximate surface area is 113 Å². The molecule has 3 heteroatoms. The minimum Gasteiger partial charge on any atom is -0.388 e. The topological polar surface area (TPSA) is 20.2 Å². The summed E-state index contributed by atoms with van der Waals surface area (Å²) in [6, 6.07) is 12.5. The van der Waals surface area contributed by atoms with E-state index >= 15 is 0 Å². The fourth-order valence-electron chi connectivity index (χ4n) is 2.64. The van der Waals surface area contributed by atoms with Crippen molar-refractivity contribution < 1.29 is 9.50 Å². The Hall–Kier alpha value is -1.19. The molecule has 0 aromatic heterocycles. The van der Waals surface area contributed by atoms with Crippen LogP contribution in [0.4, 0.5) is 4.39 Å². The van der Waals surface area contributed by atoms with Crippen molar-refractivity contribution in [3.8, 4) is 0 Å². The van der Waals surface area contributed by atoms with Crippen LogP contribution >= 0.6 is 15.9 Å². The molecule has 2 atom stereocenters. The summed E-state index contributed by atoms with van der Waals surface area (Å²) in [5, 5.41) is 10.1. The van der Waals surface area contributed by atoms with E-state index in [1.54, 1.807) is 12.1 Å². The van der Waals surface area contributed by atoms with Crippen LogP contribution in [0.3, 0.4) is 0 Å². The molecule has 0 saturated carbocycles. The Balaban J connectivity index is 2.05. The SMILES string of the molecule is O[C@H]1C[C@H](c2ccc(F)cc2)c2ccc(Br)cc21. The van der Waals surface area contributed by atoms with Crippen molar-refractivity contribution >= 4 is 15.9 Å². The van der Waals surface area contributed by atoms with Crippen LogP contribution in [0.15, 0.2) is 46.9 Å². The molecule has 1 N–H and O–H groups in total. The van der Waals surface area contributed by atoms with E-state index in [2.05, 4.69) is 15.9 Å². The van der Waals surface area contributed by atoms with Gasteiger partial charge in [0, 0.05) is 10.4 Å². The van der Waals surface area contributed by atoms with Gasteiger partial charge in [-0.2, -0.15) is 0 Å². The molecule has 0 aliphatic heterocycles. The van der Waals surface area contributed by atoms with Gasteiger partial charge in [-0.3, -0.25) is 0 Å². The van der Waals surface area contributed by atoms with E-state index in [4.69, 9.17) is 0 Å². The summed E-state index contributed by atoms with van der Waals surface area (Å²) in [6.45, 7) is 0. The Kier molecular flexibility index (Phi) is 2.96. The summed E-state index contributed by atoms with van der Waals surface area (Å²) >= 11 is 3.42. The van der Waals surface area contributed by atoms with Crippen LogP contribution in [-0.4, -0.2) is 5.11 Å². The number of benzene rings is 2. The lowest BCUT2D eigenvalue weighted by molar-refractivity contribution is 0.176. The molecule has 2 aromatic rings. The van der Waals surface area contributed by atoms with E-state index in [1.807, 2.05) is 18.2 Å². The molecule has 1 aliphatic rings. The average Bonchev–Trinajstić information content (AvgIpc) is 2.68. The number of aliphatic hydroxyl groups is 1. The van der Waals surface area contributed by atoms with Crippen LogP contribution in [0, 0.1) is 5.82 Å². The van der Waals surface area contributed by atoms with Gasteiger partial charge in [0.2, 0.25) is 0 Å². The van der Waals surface area contributed by atoms with Gasteiger partial charge in [-0.1, -0.05) is 34.1 Å². The number of fused-ring (bicyclic) bond motifs is 1. The zero-order valence-corrected chi connectivity index (χ0v) is 11.2. The highest BCUT2D eigenvalue weighted by Gasteiger charge is 2.30. The molecule has 2 aromatic carbocycles. The molecule has 0 bridgehead atoms. The molecule has 0 spiro atoms. The Bertz CT molecular complexity index is 580. The average molecular weight is 307 g/mol. The molecular formula is C15H12BrFO. The lowest BCUT2D eigenvalue weighted by Gasteiger charge is -2.11. The third-order valence-electron chi connectivity index (χ3n) is 3.51. The fourth-order valence-corrected chi connectivity index (χ4v) is 3.02. The minimum atomic E-state index is -0.437. The standard InChI is InChI=1S/C15H12BrFO/c16-10-3-6-12-13(8-15(18)14(12)7-10)9-1-4-11(17)5-2-9/h1-7,13,15,18H,8H2/t13-,15+/m1/s1. The summed E-state index contributed by atoms with van der Waals surface area (Å²) in [4.78, 5) is 0. The van der Waals surface area contributed by atoms with Crippen molar-refractivity contribution in [3.63, 3.8) is 0 Å². The van der Waals surface area contributed by atoms with Crippen LogP contribution in [0.1, 0.15) is 35.1 Å². The van der Waals surface area contributed by atoms with E-state index in [-0.39, 0.29) is 11.7 Å². The summed E-state index contributed by atoms with van der Waals surface area (Å²) in [5.74, 6) is -0.0722. The van der Waals surface area contributed by atoms with Gasteiger partial charge in [0.05, 0.1) is 6.10 Å². The summed E-state index contributed by atoms with van der Waals surface area (Å²) < 4.78 is 13.9. The molecule has 0 unspecified atom stereocenters. The second-order valence-electron chi connectivity index (χ2n) is 4.63. The van der Waals surface area contributed by atoms with E-state index in [9.17, 15) is 9.50 Å². The quantitative estimate of drug-likeness (QED) is 0.839. The van der Waals surface area contributed by atoms with Crippen LogP contribution < -0.4 is 0 Å². The maximum atomic E-state index is 12.9. The van der Waals surface area contributed by atoms with E-state index in [0.29, 0.717) is 6.42 Å². The lowest BCUT2D eigenvalue weighted by Crippen LogP contribution is -1.96. The molecular weight excluding hydrogens is 295 g/mol. The second kappa shape index (κ2) is 4.48. The van der Waals surface area contributed by atoms with Gasteiger partial charge in [0.25, 0.3) is 0 Å². The van der Waals surface area contributed by atoms with E-state index in [0.717, 1.165) is 21.2 Å². The van der Waals surface area contributed by atoms with Crippen molar-refractivity contribution in [3.05, 3.63) is 69.4 Å². The van der Waals surface area contributed by atoms with Crippen LogP contribution in [0.5, 0.6) is 0 Å². The summed E-state index contributed by atoms with van der Waals surface area (Å²) in [5.41, 5.74) is 3.16. The lowest BCUT2D eigenvalue weighted by atomic mass is 9.93. The van der Waals surface area contributed by atoms with Gasteiger partial charge in [-0.25, -0.2) is 4.39 Å². The van der Waals surface area contributed by atoms with Crippen molar-refractivity contribution in [2.24, 2.45) is 0 Å². The zero-order chi connectivity index (χ0) is 12.7. The first-order chi connectivity index (χ1) is 8.65. The van der Waals surface area contributed by atoms with Crippen molar-refractivity contribution in [1.29, 1.82) is 0 Å². The second-order valence-corrected chi connectivity index (χ2v) is 5.54. The monoisotopic (exact) mass is 306 g/mol. The van der Waals surface area contributed by atoms with Crippen molar-refractivity contribution in [2.45, 2.75) is 18.4 Å². The number of hydrogen-bond acceptors (Lipinski definition) is 1. The first-order valence-electron chi connectivity index (χ1n) is 5.88.